The Morgan fingerprint density at radius 1 is 1.21 bits per heavy atom. The standard InChI is InChI=1S/C21H21N5O3/c1-12(2)24-20(27)15-10-23-26(19(15)13-3-4-13)21-22-8-7-16(25-21)14-5-6-17-18(9-14)29-11-28-17/h5-10,12-13H,3-4,11H2,1-2H3,(H,24,27). The van der Waals surface area contributed by atoms with Gasteiger partial charge in [-0.2, -0.15) is 5.10 Å². The molecule has 8 heteroatoms. The molecule has 5 rings (SSSR count). The summed E-state index contributed by atoms with van der Waals surface area (Å²) in [6.45, 7) is 4.11. The first kappa shape index (κ1) is 17.7. The Bertz CT molecular complexity index is 1090. The summed E-state index contributed by atoms with van der Waals surface area (Å²) >= 11 is 0. The Kier molecular flexibility index (Phi) is 4.19. The van der Waals surface area contributed by atoms with Gasteiger partial charge in [0.2, 0.25) is 6.79 Å². The van der Waals surface area contributed by atoms with E-state index in [1.807, 2.05) is 38.1 Å². The Morgan fingerprint density at radius 2 is 2.03 bits per heavy atom. The summed E-state index contributed by atoms with van der Waals surface area (Å²) in [6, 6.07) is 7.61. The Morgan fingerprint density at radius 3 is 2.83 bits per heavy atom. The van der Waals surface area contributed by atoms with Crippen molar-refractivity contribution in [3.63, 3.8) is 0 Å². The molecule has 1 fully saturated rings. The van der Waals surface area contributed by atoms with Crippen LogP contribution in [-0.2, 0) is 0 Å². The average molecular weight is 391 g/mol. The molecule has 0 radical (unpaired) electrons. The van der Waals surface area contributed by atoms with Crippen LogP contribution in [0.3, 0.4) is 0 Å². The minimum Gasteiger partial charge on any atom is -0.454 e. The van der Waals surface area contributed by atoms with Crippen LogP contribution in [0.15, 0.2) is 36.7 Å². The molecular formula is C21H21N5O3. The molecule has 3 heterocycles. The van der Waals surface area contributed by atoms with E-state index in [0.29, 0.717) is 23.2 Å². The van der Waals surface area contributed by atoms with E-state index in [0.717, 1.165) is 35.5 Å². The van der Waals surface area contributed by atoms with E-state index in [1.165, 1.54) is 0 Å². The van der Waals surface area contributed by atoms with E-state index in [9.17, 15) is 4.79 Å². The predicted molar refractivity (Wildman–Crippen MR) is 105 cm³/mol. The fourth-order valence-electron chi connectivity index (χ4n) is 3.45. The summed E-state index contributed by atoms with van der Waals surface area (Å²) < 4.78 is 12.5. The number of amides is 1. The smallest absolute Gasteiger partial charge is 0.254 e. The monoisotopic (exact) mass is 391 g/mol. The minimum absolute atomic E-state index is 0.0588. The van der Waals surface area contributed by atoms with Crippen LogP contribution >= 0.6 is 0 Å². The molecule has 8 nitrogen and oxygen atoms in total. The molecule has 0 atom stereocenters. The number of hydrogen-bond donors (Lipinski definition) is 1. The highest BCUT2D eigenvalue weighted by atomic mass is 16.7. The fraction of sp³-hybridized carbons (Fsp3) is 0.333. The van der Waals surface area contributed by atoms with Gasteiger partial charge in [-0.25, -0.2) is 14.6 Å². The quantitative estimate of drug-likeness (QED) is 0.719. The molecule has 2 aromatic heterocycles. The van der Waals surface area contributed by atoms with Gasteiger partial charge in [0.15, 0.2) is 11.5 Å². The largest absolute Gasteiger partial charge is 0.454 e. The van der Waals surface area contributed by atoms with Crippen LogP contribution in [-0.4, -0.2) is 38.5 Å². The number of rotatable bonds is 5. The SMILES string of the molecule is CC(C)NC(=O)c1cnn(-c2nccc(-c3ccc4c(c3)OCO4)n2)c1C1CC1. The molecule has 1 aromatic carbocycles. The van der Waals surface area contributed by atoms with E-state index in [4.69, 9.17) is 14.5 Å². The number of fused-ring (bicyclic) bond motifs is 1. The van der Waals surface area contributed by atoms with Crippen molar-refractivity contribution in [3.05, 3.63) is 47.9 Å². The fourth-order valence-corrected chi connectivity index (χ4v) is 3.45. The van der Waals surface area contributed by atoms with Crippen LogP contribution in [0.2, 0.25) is 0 Å². The summed E-state index contributed by atoms with van der Waals surface area (Å²) in [6.07, 6.45) is 5.39. The van der Waals surface area contributed by atoms with E-state index in [2.05, 4.69) is 15.4 Å². The topological polar surface area (TPSA) is 91.2 Å². The molecule has 1 aliphatic heterocycles. The first-order valence-electron chi connectivity index (χ1n) is 9.72. The summed E-state index contributed by atoms with van der Waals surface area (Å²) in [7, 11) is 0. The zero-order valence-electron chi connectivity index (χ0n) is 16.3. The number of ether oxygens (including phenoxy) is 2. The highest BCUT2D eigenvalue weighted by Crippen LogP contribution is 2.42. The van der Waals surface area contributed by atoms with Crippen molar-refractivity contribution in [2.75, 3.05) is 6.79 Å². The molecule has 0 spiro atoms. The third kappa shape index (κ3) is 3.30. The highest BCUT2D eigenvalue weighted by molar-refractivity contribution is 5.95. The summed E-state index contributed by atoms with van der Waals surface area (Å²) in [5, 5.41) is 7.40. The Labute approximate surface area is 167 Å². The maximum Gasteiger partial charge on any atom is 0.254 e. The predicted octanol–water partition coefficient (Wildman–Crippen LogP) is 3.07. The van der Waals surface area contributed by atoms with Crippen LogP contribution in [0.4, 0.5) is 0 Å². The lowest BCUT2D eigenvalue weighted by Crippen LogP contribution is -2.30. The normalized spacial score (nSPS) is 15.0. The van der Waals surface area contributed by atoms with Crippen molar-refractivity contribution in [1.82, 2.24) is 25.1 Å². The zero-order chi connectivity index (χ0) is 20.0. The van der Waals surface area contributed by atoms with Gasteiger partial charge in [0.05, 0.1) is 23.1 Å². The molecule has 3 aromatic rings. The van der Waals surface area contributed by atoms with Gasteiger partial charge in [-0.1, -0.05) is 0 Å². The minimum atomic E-state index is -0.111. The molecule has 2 aliphatic rings. The van der Waals surface area contributed by atoms with Crippen molar-refractivity contribution in [2.45, 2.75) is 38.6 Å². The second kappa shape index (κ2) is 6.88. The van der Waals surface area contributed by atoms with Crippen molar-refractivity contribution in [1.29, 1.82) is 0 Å². The van der Waals surface area contributed by atoms with E-state index in [-0.39, 0.29) is 18.7 Å². The first-order valence-corrected chi connectivity index (χ1v) is 9.72. The van der Waals surface area contributed by atoms with E-state index < -0.39 is 0 Å². The van der Waals surface area contributed by atoms with Gasteiger partial charge in [-0.05, 0) is 51.0 Å². The summed E-state index contributed by atoms with van der Waals surface area (Å²) in [5.41, 5.74) is 3.12. The second-order valence-corrected chi connectivity index (χ2v) is 7.57. The molecule has 1 saturated carbocycles. The number of hydrogen-bond acceptors (Lipinski definition) is 6. The van der Waals surface area contributed by atoms with E-state index in [1.54, 1.807) is 17.1 Å². The van der Waals surface area contributed by atoms with Gasteiger partial charge in [0.25, 0.3) is 11.9 Å². The molecule has 1 N–H and O–H groups in total. The van der Waals surface area contributed by atoms with Crippen molar-refractivity contribution in [3.8, 4) is 28.7 Å². The second-order valence-electron chi connectivity index (χ2n) is 7.57. The molecule has 1 aliphatic carbocycles. The van der Waals surface area contributed by atoms with Crippen LogP contribution in [0.25, 0.3) is 17.2 Å². The van der Waals surface area contributed by atoms with Gasteiger partial charge < -0.3 is 14.8 Å². The van der Waals surface area contributed by atoms with E-state index >= 15 is 0 Å². The van der Waals surface area contributed by atoms with Gasteiger partial charge >= 0.3 is 0 Å². The molecule has 0 saturated heterocycles. The van der Waals surface area contributed by atoms with Gasteiger partial charge in [0.1, 0.15) is 0 Å². The number of carbonyl (C=O) groups excluding carboxylic acids is 1. The van der Waals surface area contributed by atoms with Gasteiger partial charge in [0, 0.05) is 23.7 Å². The number of aromatic nitrogens is 4. The molecule has 0 bridgehead atoms. The zero-order valence-corrected chi connectivity index (χ0v) is 16.3. The van der Waals surface area contributed by atoms with Crippen LogP contribution in [0.1, 0.15) is 48.7 Å². The molecular weight excluding hydrogens is 370 g/mol. The lowest BCUT2D eigenvalue weighted by atomic mass is 10.1. The van der Waals surface area contributed by atoms with Gasteiger partial charge in [-0.15, -0.1) is 0 Å². The van der Waals surface area contributed by atoms with Crippen molar-refractivity contribution < 1.29 is 14.3 Å². The Balaban J connectivity index is 1.53. The number of nitrogens with one attached hydrogen (secondary N) is 1. The van der Waals surface area contributed by atoms with Crippen LogP contribution in [0.5, 0.6) is 11.5 Å². The molecule has 148 valence electrons. The summed E-state index contributed by atoms with van der Waals surface area (Å²) in [4.78, 5) is 21.7. The summed E-state index contributed by atoms with van der Waals surface area (Å²) in [5.74, 6) is 2.08. The lowest BCUT2D eigenvalue weighted by Gasteiger charge is -2.11. The third-order valence-electron chi connectivity index (χ3n) is 4.94. The average Bonchev–Trinajstić information content (AvgIpc) is 3.27. The van der Waals surface area contributed by atoms with Crippen LogP contribution in [0, 0.1) is 0 Å². The van der Waals surface area contributed by atoms with Crippen molar-refractivity contribution >= 4 is 5.91 Å². The highest BCUT2D eigenvalue weighted by Gasteiger charge is 2.33. The molecule has 29 heavy (non-hydrogen) atoms. The maximum atomic E-state index is 12.6. The molecule has 0 unspecified atom stereocenters. The Hall–Kier alpha value is -3.42. The van der Waals surface area contributed by atoms with Crippen LogP contribution < -0.4 is 14.8 Å². The molecule has 1 amide bonds. The first-order chi connectivity index (χ1) is 14.1. The van der Waals surface area contributed by atoms with Crippen molar-refractivity contribution in [2.24, 2.45) is 0 Å². The number of carbonyl (C=O) groups is 1. The number of nitrogens with zero attached hydrogens (tertiary/aromatic N) is 4. The lowest BCUT2D eigenvalue weighted by molar-refractivity contribution is 0.0942. The maximum absolute atomic E-state index is 12.6. The van der Waals surface area contributed by atoms with Gasteiger partial charge in [-0.3, -0.25) is 4.79 Å². The third-order valence-corrected chi connectivity index (χ3v) is 4.94. The number of benzene rings is 1.